The second-order valence-corrected chi connectivity index (χ2v) is 5.21. The second-order valence-electron chi connectivity index (χ2n) is 4.65. The molecule has 1 N–H and O–H groups in total. The zero-order valence-electron chi connectivity index (χ0n) is 11.4. The van der Waals surface area contributed by atoms with Crippen molar-refractivity contribution in [3.8, 4) is 0 Å². The molecule has 0 spiro atoms. The molecule has 0 unspecified atom stereocenters. The predicted molar refractivity (Wildman–Crippen MR) is 76.0 cm³/mol. The summed E-state index contributed by atoms with van der Waals surface area (Å²) in [6.45, 7) is 3.91. The monoisotopic (exact) mass is 351 g/mol. The highest BCUT2D eigenvalue weighted by Crippen LogP contribution is 2.29. The van der Waals surface area contributed by atoms with Crippen molar-refractivity contribution in [2.45, 2.75) is 38.4 Å². The van der Waals surface area contributed by atoms with Gasteiger partial charge in [0.1, 0.15) is 0 Å². The van der Waals surface area contributed by atoms with Crippen molar-refractivity contribution in [1.82, 2.24) is 5.32 Å². The molecule has 0 aliphatic carbocycles. The maximum absolute atomic E-state index is 12.4. The number of carbonyl (C=O) groups excluding carboxylic acids is 1. The van der Waals surface area contributed by atoms with Gasteiger partial charge in [0.15, 0.2) is 0 Å². The molecule has 1 aromatic carbocycles. The fraction of sp³-hybridized carbons (Fsp3) is 0.500. The van der Waals surface area contributed by atoms with Crippen LogP contribution in [0.25, 0.3) is 0 Å². The average molecular weight is 352 g/mol. The summed E-state index contributed by atoms with van der Waals surface area (Å²) in [5.74, 6) is -0.359. The fourth-order valence-corrected chi connectivity index (χ4v) is 2.71. The van der Waals surface area contributed by atoms with E-state index in [2.05, 4.69) is 21.2 Å². The van der Waals surface area contributed by atoms with Gasteiger partial charge in [-0.3, -0.25) is 4.79 Å². The maximum Gasteiger partial charge on any atom is 0.416 e. The number of hydrogen-bond acceptors (Lipinski definition) is 1. The first-order valence-electron chi connectivity index (χ1n) is 6.33. The number of hydrogen-bond donors (Lipinski definition) is 1. The van der Waals surface area contributed by atoms with Crippen molar-refractivity contribution in [1.29, 1.82) is 0 Å². The van der Waals surface area contributed by atoms with Gasteiger partial charge < -0.3 is 5.32 Å². The van der Waals surface area contributed by atoms with Crippen molar-refractivity contribution >= 4 is 21.8 Å². The Labute approximate surface area is 124 Å². The van der Waals surface area contributed by atoms with Gasteiger partial charge >= 0.3 is 6.18 Å². The van der Waals surface area contributed by atoms with E-state index in [1.165, 1.54) is 12.1 Å². The Kier molecular flexibility index (Phi) is 5.62. The van der Waals surface area contributed by atoms with Gasteiger partial charge in [-0.2, -0.15) is 13.2 Å². The Morgan fingerprint density at radius 3 is 2.00 bits per heavy atom. The third-order valence-electron chi connectivity index (χ3n) is 3.46. The number of amides is 1. The highest BCUT2D eigenvalue weighted by atomic mass is 79.9. The Morgan fingerprint density at radius 2 is 1.65 bits per heavy atom. The highest BCUT2D eigenvalue weighted by molar-refractivity contribution is 9.09. The predicted octanol–water partition coefficient (Wildman–Crippen LogP) is 4.39. The largest absolute Gasteiger partial charge is 0.416 e. The van der Waals surface area contributed by atoms with E-state index in [0.29, 0.717) is 5.33 Å². The molecule has 112 valence electrons. The minimum absolute atomic E-state index is 0.227. The second kappa shape index (κ2) is 6.61. The molecule has 0 heterocycles. The Hall–Kier alpha value is -1.04. The van der Waals surface area contributed by atoms with Crippen LogP contribution in [0.3, 0.4) is 0 Å². The molecule has 6 heteroatoms. The van der Waals surface area contributed by atoms with E-state index in [0.717, 1.165) is 25.0 Å². The van der Waals surface area contributed by atoms with E-state index in [4.69, 9.17) is 0 Å². The van der Waals surface area contributed by atoms with Gasteiger partial charge in [0.2, 0.25) is 0 Å². The lowest BCUT2D eigenvalue weighted by molar-refractivity contribution is -0.137. The molecule has 0 radical (unpaired) electrons. The molecule has 2 nitrogen and oxygen atoms in total. The minimum Gasteiger partial charge on any atom is -0.346 e. The van der Waals surface area contributed by atoms with Crippen LogP contribution in [-0.2, 0) is 6.18 Å². The van der Waals surface area contributed by atoms with Crippen LogP contribution in [0.5, 0.6) is 0 Å². The lowest BCUT2D eigenvalue weighted by atomic mass is 9.95. The van der Waals surface area contributed by atoms with Gasteiger partial charge in [-0.05, 0) is 37.1 Å². The molecule has 0 saturated heterocycles. The maximum atomic E-state index is 12.4. The van der Waals surface area contributed by atoms with Crippen LogP contribution in [0.15, 0.2) is 24.3 Å². The normalized spacial score (nSPS) is 12.3. The van der Waals surface area contributed by atoms with Crippen molar-refractivity contribution < 1.29 is 18.0 Å². The number of nitrogens with one attached hydrogen (secondary N) is 1. The van der Waals surface area contributed by atoms with Gasteiger partial charge in [0, 0.05) is 16.4 Å². The lowest BCUT2D eigenvalue weighted by Gasteiger charge is -2.31. The molecule has 20 heavy (non-hydrogen) atoms. The zero-order chi connectivity index (χ0) is 15.4. The van der Waals surface area contributed by atoms with Crippen molar-refractivity contribution in [2.75, 3.05) is 5.33 Å². The summed E-state index contributed by atoms with van der Waals surface area (Å²) >= 11 is 3.37. The smallest absolute Gasteiger partial charge is 0.346 e. The quantitative estimate of drug-likeness (QED) is 0.783. The van der Waals surface area contributed by atoms with Crippen LogP contribution in [-0.4, -0.2) is 16.8 Å². The molecule has 0 bridgehead atoms. The third-order valence-corrected chi connectivity index (χ3v) is 4.54. The summed E-state index contributed by atoms with van der Waals surface area (Å²) in [5.41, 5.74) is -0.906. The molecular formula is C14H17BrF3NO. The van der Waals surface area contributed by atoms with Crippen LogP contribution >= 0.6 is 15.9 Å². The number of halogens is 4. The molecule has 1 rings (SSSR count). The molecule has 0 atom stereocenters. The van der Waals surface area contributed by atoms with E-state index < -0.39 is 11.7 Å². The SMILES string of the molecule is CCC(CC)(CBr)NC(=O)c1ccc(C(F)(F)F)cc1. The van der Waals surface area contributed by atoms with Crippen LogP contribution in [0.2, 0.25) is 0 Å². The standard InChI is InChI=1S/C14H17BrF3NO/c1-3-13(4-2,9-15)19-12(20)10-5-7-11(8-6-10)14(16,17)18/h5-8H,3-4,9H2,1-2H3,(H,19,20). The lowest BCUT2D eigenvalue weighted by Crippen LogP contribution is -2.49. The summed E-state index contributed by atoms with van der Waals surface area (Å²) in [5, 5.41) is 3.48. The average Bonchev–Trinajstić information content (AvgIpc) is 2.44. The topological polar surface area (TPSA) is 29.1 Å². The van der Waals surface area contributed by atoms with E-state index in [-0.39, 0.29) is 17.0 Å². The zero-order valence-corrected chi connectivity index (χ0v) is 12.9. The molecular weight excluding hydrogens is 335 g/mol. The van der Waals surface area contributed by atoms with Crippen molar-refractivity contribution in [3.63, 3.8) is 0 Å². The first-order valence-corrected chi connectivity index (χ1v) is 7.46. The fourth-order valence-electron chi connectivity index (χ4n) is 1.77. The van der Waals surface area contributed by atoms with Gasteiger partial charge in [0.05, 0.1) is 5.56 Å². The molecule has 0 aliphatic rings. The number of carbonyl (C=O) groups is 1. The van der Waals surface area contributed by atoms with Crippen LogP contribution < -0.4 is 5.32 Å². The van der Waals surface area contributed by atoms with E-state index in [9.17, 15) is 18.0 Å². The van der Waals surface area contributed by atoms with Gasteiger partial charge in [-0.15, -0.1) is 0 Å². The van der Waals surface area contributed by atoms with Crippen LogP contribution in [0, 0.1) is 0 Å². The third kappa shape index (κ3) is 3.98. The number of benzene rings is 1. The first kappa shape index (κ1) is 17.0. The summed E-state index contributed by atoms with van der Waals surface area (Å²) in [6.07, 6.45) is -2.91. The molecule has 0 saturated carbocycles. The Bertz CT molecular complexity index is 444. The Morgan fingerprint density at radius 1 is 1.15 bits per heavy atom. The minimum atomic E-state index is -4.39. The summed E-state index contributed by atoms with van der Waals surface area (Å²) in [6, 6.07) is 4.23. The van der Waals surface area contributed by atoms with E-state index in [1.807, 2.05) is 13.8 Å². The molecule has 0 aromatic heterocycles. The highest BCUT2D eigenvalue weighted by Gasteiger charge is 2.31. The first-order chi connectivity index (χ1) is 9.28. The molecule has 0 aliphatic heterocycles. The van der Waals surface area contributed by atoms with Gasteiger partial charge in [0.25, 0.3) is 5.91 Å². The molecule has 1 aromatic rings. The van der Waals surface area contributed by atoms with Crippen LogP contribution in [0.1, 0.15) is 42.6 Å². The number of rotatable bonds is 5. The summed E-state index contributed by atoms with van der Waals surface area (Å²) in [7, 11) is 0. The van der Waals surface area contributed by atoms with E-state index >= 15 is 0 Å². The van der Waals surface area contributed by atoms with Crippen LogP contribution in [0.4, 0.5) is 13.2 Å². The Balaban J connectivity index is 2.88. The molecule has 0 fully saturated rings. The van der Waals surface area contributed by atoms with Gasteiger partial charge in [-0.1, -0.05) is 29.8 Å². The summed E-state index contributed by atoms with van der Waals surface area (Å²) < 4.78 is 37.3. The van der Waals surface area contributed by atoms with E-state index in [1.54, 1.807) is 0 Å². The van der Waals surface area contributed by atoms with Gasteiger partial charge in [-0.25, -0.2) is 0 Å². The summed E-state index contributed by atoms with van der Waals surface area (Å²) in [4.78, 5) is 12.1. The number of alkyl halides is 4. The van der Waals surface area contributed by atoms with Crippen molar-refractivity contribution in [3.05, 3.63) is 35.4 Å². The molecule has 1 amide bonds. The van der Waals surface area contributed by atoms with Crippen molar-refractivity contribution in [2.24, 2.45) is 0 Å².